The molecule has 0 radical (unpaired) electrons. The normalized spacial score (nSPS) is 15.9. The zero-order valence-corrected chi connectivity index (χ0v) is 13.0. The summed E-state index contributed by atoms with van der Waals surface area (Å²) in [4.78, 5) is 0. The topological polar surface area (TPSA) is 0 Å². The second kappa shape index (κ2) is 3.89. The molecule has 0 unspecified atom stereocenters. The number of rotatable bonds is 0. The van der Waals surface area contributed by atoms with Crippen LogP contribution in [0.25, 0.3) is 22.3 Å². The van der Waals surface area contributed by atoms with Crippen LogP contribution in [-0.2, 0) is 11.8 Å². The third kappa shape index (κ3) is 1.33. The summed E-state index contributed by atoms with van der Waals surface area (Å²) in [5, 5.41) is 0. The molecule has 3 aromatic carbocycles. The first-order valence-electron chi connectivity index (χ1n) is 8.02. The average molecular weight is 282 g/mol. The molecule has 0 nitrogen and oxygen atoms in total. The van der Waals surface area contributed by atoms with E-state index in [1.165, 1.54) is 44.5 Å². The summed E-state index contributed by atoms with van der Waals surface area (Å²) in [6, 6.07) is 22.5. The van der Waals surface area contributed by atoms with Crippen molar-refractivity contribution in [1.82, 2.24) is 0 Å². The largest absolute Gasteiger partial charge is 0.0619 e. The molecular weight excluding hydrogens is 264 g/mol. The van der Waals surface area contributed by atoms with Crippen LogP contribution in [0.5, 0.6) is 0 Å². The van der Waals surface area contributed by atoms with Gasteiger partial charge in [0.1, 0.15) is 0 Å². The van der Waals surface area contributed by atoms with Crippen LogP contribution in [0.1, 0.15) is 36.1 Å². The number of hydrogen-bond acceptors (Lipinski definition) is 0. The standard InChI is InChI=1S/C22H18/c1-22(2)19-10-6-5-9-17(19)18-12-11-15-13-14-7-3-4-8-16(14)20(15)21(18)22/h3-12H,13H2,1-2H3. The van der Waals surface area contributed by atoms with E-state index in [1.807, 2.05) is 0 Å². The monoisotopic (exact) mass is 282 g/mol. The Bertz CT molecular complexity index is 929. The van der Waals surface area contributed by atoms with Crippen molar-refractivity contribution in [3.63, 3.8) is 0 Å². The molecule has 0 aliphatic heterocycles. The lowest BCUT2D eigenvalue weighted by Gasteiger charge is -2.24. The molecule has 2 aliphatic rings. The van der Waals surface area contributed by atoms with Gasteiger partial charge >= 0.3 is 0 Å². The lowest BCUT2D eigenvalue weighted by Crippen LogP contribution is -2.16. The summed E-state index contributed by atoms with van der Waals surface area (Å²) < 4.78 is 0. The molecule has 0 fully saturated rings. The molecule has 0 aromatic heterocycles. The van der Waals surface area contributed by atoms with Crippen molar-refractivity contribution in [3.05, 3.63) is 82.9 Å². The van der Waals surface area contributed by atoms with Crippen LogP contribution in [0.3, 0.4) is 0 Å². The predicted molar refractivity (Wildman–Crippen MR) is 92.2 cm³/mol. The molecule has 0 atom stereocenters. The number of hydrogen-bond donors (Lipinski definition) is 0. The first kappa shape index (κ1) is 12.2. The summed E-state index contributed by atoms with van der Waals surface area (Å²) in [5.41, 5.74) is 11.8. The first-order chi connectivity index (χ1) is 10.7. The van der Waals surface area contributed by atoms with Gasteiger partial charge < -0.3 is 0 Å². The van der Waals surface area contributed by atoms with E-state index in [9.17, 15) is 0 Å². The van der Waals surface area contributed by atoms with Gasteiger partial charge in [-0.25, -0.2) is 0 Å². The van der Waals surface area contributed by atoms with E-state index in [0.717, 1.165) is 6.42 Å². The molecule has 5 rings (SSSR count). The molecule has 22 heavy (non-hydrogen) atoms. The highest BCUT2D eigenvalue weighted by Gasteiger charge is 2.39. The van der Waals surface area contributed by atoms with Crippen LogP contribution in [0, 0.1) is 0 Å². The van der Waals surface area contributed by atoms with Crippen molar-refractivity contribution >= 4 is 0 Å². The Balaban J connectivity index is 1.91. The second-order valence-electron chi connectivity index (χ2n) is 7.03. The molecule has 3 aromatic rings. The molecule has 0 amide bonds. The van der Waals surface area contributed by atoms with Gasteiger partial charge in [-0.2, -0.15) is 0 Å². The Kier molecular flexibility index (Phi) is 2.16. The molecule has 106 valence electrons. The van der Waals surface area contributed by atoms with E-state index in [1.54, 1.807) is 0 Å². The molecular formula is C22H18. The Labute approximate surface area is 131 Å². The minimum Gasteiger partial charge on any atom is -0.0619 e. The maximum absolute atomic E-state index is 2.37. The van der Waals surface area contributed by atoms with E-state index in [-0.39, 0.29) is 5.41 Å². The van der Waals surface area contributed by atoms with Gasteiger partial charge in [0.2, 0.25) is 0 Å². The summed E-state index contributed by atoms with van der Waals surface area (Å²) in [6.07, 6.45) is 1.07. The van der Waals surface area contributed by atoms with Crippen LogP contribution in [0.2, 0.25) is 0 Å². The minimum absolute atomic E-state index is 0.0781. The van der Waals surface area contributed by atoms with E-state index >= 15 is 0 Å². The van der Waals surface area contributed by atoms with Gasteiger partial charge in [-0.05, 0) is 50.9 Å². The minimum atomic E-state index is 0.0781. The lowest BCUT2D eigenvalue weighted by atomic mass is 9.78. The fourth-order valence-corrected chi connectivity index (χ4v) is 4.50. The Morgan fingerprint density at radius 3 is 2.27 bits per heavy atom. The maximum atomic E-state index is 2.37. The van der Waals surface area contributed by atoms with Gasteiger partial charge in [-0.1, -0.05) is 74.5 Å². The zero-order valence-electron chi connectivity index (χ0n) is 13.0. The van der Waals surface area contributed by atoms with Gasteiger partial charge in [0.15, 0.2) is 0 Å². The third-order valence-corrected chi connectivity index (χ3v) is 5.47. The fourth-order valence-electron chi connectivity index (χ4n) is 4.50. The van der Waals surface area contributed by atoms with Crippen molar-refractivity contribution in [2.45, 2.75) is 25.7 Å². The third-order valence-electron chi connectivity index (χ3n) is 5.47. The average Bonchev–Trinajstić information content (AvgIpc) is 3.02. The molecule has 0 saturated heterocycles. The van der Waals surface area contributed by atoms with Gasteiger partial charge in [0.25, 0.3) is 0 Å². The first-order valence-corrected chi connectivity index (χ1v) is 8.02. The van der Waals surface area contributed by atoms with Crippen LogP contribution in [0.4, 0.5) is 0 Å². The van der Waals surface area contributed by atoms with Crippen LogP contribution in [0.15, 0.2) is 60.7 Å². The quantitative estimate of drug-likeness (QED) is 0.396. The van der Waals surface area contributed by atoms with Crippen LogP contribution >= 0.6 is 0 Å². The molecule has 2 aliphatic carbocycles. The summed E-state index contributed by atoms with van der Waals surface area (Å²) in [7, 11) is 0. The molecule has 0 bridgehead atoms. The van der Waals surface area contributed by atoms with E-state index in [4.69, 9.17) is 0 Å². The fraction of sp³-hybridized carbons (Fsp3) is 0.182. The highest BCUT2D eigenvalue weighted by molar-refractivity contribution is 5.92. The van der Waals surface area contributed by atoms with Gasteiger partial charge in [0.05, 0.1) is 0 Å². The molecule has 0 heteroatoms. The zero-order chi connectivity index (χ0) is 14.9. The van der Waals surface area contributed by atoms with Crippen molar-refractivity contribution in [3.8, 4) is 22.3 Å². The predicted octanol–water partition coefficient (Wildman–Crippen LogP) is 5.56. The van der Waals surface area contributed by atoms with Gasteiger partial charge in [-0.3, -0.25) is 0 Å². The molecule has 0 saturated carbocycles. The lowest BCUT2D eigenvalue weighted by molar-refractivity contribution is 0.662. The van der Waals surface area contributed by atoms with E-state index in [2.05, 4.69) is 74.5 Å². The van der Waals surface area contributed by atoms with Crippen molar-refractivity contribution in [2.24, 2.45) is 0 Å². The van der Waals surface area contributed by atoms with Crippen molar-refractivity contribution < 1.29 is 0 Å². The SMILES string of the molecule is CC1(C)c2ccccc2-c2ccc3c(c21)-c1ccccc1C3. The van der Waals surface area contributed by atoms with Crippen molar-refractivity contribution in [1.29, 1.82) is 0 Å². The Hall–Kier alpha value is -2.34. The van der Waals surface area contributed by atoms with Crippen LogP contribution in [-0.4, -0.2) is 0 Å². The highest BCUT2D eigenvalue weighted by Crippen LogP contribution is 2.54. The number of benzene rings is 3. The van der Waals surface area contributed by atoms with E-state index in [0.29, 0.717) is 0 Å². The van der Waals surface area contributed by atoms with Gasteiger partial charge in [0, 0.05) is 5.41 Å². The molecule has 0 heterocycles. The summed E-state index contributed by atoms with van der Waals surface area (Å²) in [6.45, 7) is 4.75. The smallest absolute Gasteiger partial charge is 0.0165 e. The Morgan fingerprint density at radius 2 is 1.41 bits per heavy atom. The summed E-state index contributed by atoms with van der Waals surface area (Å²) >= 11 is 0. The van der Waals surface area contributed by atoms with E-state index < -0.39 is 0 Å². The van der Waals surface area contributed by atoms with Gasteiger partial charge in [-0.15, -0.1) is 0 Å². The number of fused-ring (bicyclic) bond motifs is 7. The maximum Gasteiger partial charge on any atom is 0.0165 e. The van der Waals surface area contributed by atoms with Crippen LogP contribution < -0.4 is 0 Å². The summed E-state index contributed by atoms with van der Waals surface area (Å²) in [5.74, 6) is 0. The molecule has 0 N–H and O–H groups in total. The second-order valence-corrected chi connectivity index (χ2v) is 7.03. The van der Waals surface area contributed by atoms with Crippen molar-refractivity contribution in [2.75, 3.05) is 0 Å². The Morgan fingerprint density at radius 1 is 0.682 bits per heavy atom. The highest BCUT2D eigenvalue weighted by atomic mass is 14.4. The molecule has 0 spiro atoms.